The second-order valence-corrected chi connectivity index (χ2v) is 7.92. The lowest BCUT2D eigenvalue weighted by Crippen LogP contribution is -2.48. The first-order valence-electron chi connectivity index (χ1n) is 8.79. The zero-order valence-corrected chi connectivity index (χ0v) is 18.6. The van der Waals surface area contributed by atoms with Crippen molar-refractivity contribution >= 4 is 41.3 Å². The molecule has 0 aliphatic carbocycles. The van der Waals surface area contributed by atoms with Crippen molar-refractivity contribution in [3.8, 4) is 0 Å². The summed E-state index contributed by atoms with van der Waals surface area (Å²) in [5, 5.41) is 9.16. The fourth-order valence-electron chi connectivity index (χ4n) is 3.13. The van der Waals surface area contributed by atoms with Crippen molar-refractivity contribution in [2.75, 3.05) is 33.2 Å². The molecule has 1 atom stereocenters. The van der Waals surface area contributed by atoms with Crippen LogP contribution in [-0.4, -0.2) is 50.1 Å². The minimum Gasteiger partial charge on any atom is -0.356 e. The number of hydrogen-bond donors (Lipinski definition) is 2. The van der Waals surface area contributed by atoms with Crippen molar-refractivity contribution in [2.45, 2.75) is 51.5 Å². The van der Waals surface area contributed by atoms with E-state index in [2.05, 4.69) is 58.8 Å². The smallest absolute Gasteiger partial charge is 0.191 e. The first-order chi connectivity index (χ1) is 11.1. The Morgan fingerprint density at radius 1 is 1.33 bits per heavy atom. The van der Waals surface area contributed by atoms with Gasteiger partial charge in [-0.05, 0) is 43.8 Å². The summed E-state index contributed by atoms with van der Waals surface area (Å²) in [6.07, 6.45) is 3.88. The molecule has 0 radical (unpaired) electrons. The van der Waals surface area contributed by atoms with Crippen molar-refractivity contribution in [2.24, 2.45) is 4.99 Å². The molecule has 1 aromatic rings. The van der Waals surface area contributed by atoms with Crippen LogP contribution in [0, 0.1) is 0 Å². The lowest BCUT2D eigenvalue weighted by Gasteiger charge is -2.28. The summed E-state index contributed by atoms with van der Waals surface area (Å²) in [6, 6.07) is 4.95. The molecule has 0 spiro atoms. The van der Waals surface area contributed by atoms with Crippen LogP contribution in [0.25, 0.3) is 0 Å². The van der Waals surface area contributed by atoms with Crippen molar-refractivity contribution in [3.05, 3.63) is 22.4 Å². The fourth-order valence-corrected chi connectivity index (χ4v) is 3.98. The van der Waals surface area contributed by atoms with Gasteiger partial charge in [-0.3, -0.25) is 9.89 Å². The van der Waals surface area contributed by atoms with Crippen LogP contribution in [0.3, 0.4) is 0 Å². The number of nitrogens with zero attached hydrogens (tertiary/aromatic N) is 2. The van der Waals surface area contributed by atoms with E-state index < -0.39 is 0 Å². The quantitative estimate of drug-likeness (QED) is 0.368. The molecule has 2 N–H and O–H groups in total. The molecule has 2 heterocycles. The monoisotopic (exact) mass is 464 g/mol. The number of thiophene rings is 1. The second-order valence-electron chi connectivity index (χ2n) is 6.97. The third-order valence-corrected chi connectivity index (χ3v) is 5.98. The van der Waals surface area contributed by atoms with Gasteiger partial charge >= 0.3 is 0 Å². The first kappa shape index (κ1) is 21.7. The zero-order valence-electron chi connectivity index (χ0n) is 15.5. The molecule has 1 aromatic heterocycles. The van der Waals surface area contributed by atoms with Crippen LogP contribution in [0.15, 0.2) is 22.5 Å². The largest absolute Gasteiger partial charge is 0.356 e. The number of halogens is 1. The van der Waals surface area contributed by atoms with Gasteiger partial charge in [-0.25, -0.2) is 0 Å². The van der Waals surface area contributed by atoms with Gasteiger partial charge in [-0.1, -0.05) is 26.8 Å². The molecule has 6 heteroatoms. The van der Waals surface area contributed by atoms with Crippen LogP contribution < -0.4 is 10.6 Å². The van der Waals surface area contributed by atoms with Crippen molar-refractivity contribution in [1.29, 1.82) is 0 Å². The first-order valence-corrected chi connectivity index (χ1v) is 9.67. The third-order valence-electron chi connectivity index (χ3n) is 4.74. The molecule has 2 rings (SSSR count). The maximum Gasteiger partial charge on any atom is 0.191 e. The Kier molecular flexibility index (Phi) is 9.59. The summed E-state index contributed by atoms with van der Waals surface area (Å²) in [4.78, 5) is 8.40. The highest BCUT2D eigenvalue weighted by molar-refractivity contribution is 14.0. The number of likely N-dealkylation sites (tertiary alicyclic amines) is 1. The van der Waals surface area contributed by atoms with E-state index in [1.165, 1.54) is 37.2 Å². The number of hydrogen-bond acceptors (Lipinski definition) is 3. The van der Waals surface area contributed by atoms with Gasteiger partial charge in [-0.15, -0.1) is 35.3 Å². The van der Waals surface area contributed by atoms with E-state index in [-0.39, 0.29) is 29.4 Å². The normalized spacial score (nSPS) is 17.4. The SMILES string of the molecule is CCC(CNC(=NC)NCC(C)(C)c1cccs1)N1CCCC1.I. The van der Waals surface area contributed by atoms with Gasteiger partial charge in [0.05, 0.1) is 0 Å². The standard InChI is InChI=1S/C18H32N4S.HI/c1-5-15(22-10-6-7-11-22)13-20-17(19-4)21-14-18(2,3)16-9-8-12-23-16;/h8-9,12,15H,5-7,10-11,13-14H2,1-4H3,(H2,19,20,21);1H. The summed E-state index contributed by atoms with van der Waals surface area (Å²) in [5.74, 6) is 0.910. The maximum absolute atomic E-state index is 4.38. The van der Waals surface area contributed by atoms with Crippen molar-refractivity contribution < 1.29 is 0 Å². The third kappa shape index (κ3) is 6.19. The molecule has 1 saturated heterocycles. The van der Waals surface area contributed by atoms with E-state index in [4.69, 9.17) is 0 Å². The van der Waals surface area contributed by atoms with E-state index in [0.717, 1.165) is 19.0 Å². The van der Waals surface area contributed by atoms with E-state index in [1.807, 2.05) is 18.4 Å². The number of guanidine groups is 1. The lowest BCUT2D eigenvalue weighted by atomic mass is 9.91. The highest BCUT2D eigenvalue weighted by Crippen LogP contribution is 2.26. The number of aliphatic imine (C=N–C) groups is 1. The Balaban J connectivity index is 0.00000288. The van der Waals surface area contributed by atoms with Crippen molar-refractivity contribution in [1.82, 2.24) is 15.5 Å². The number of rotatable bonds is 7. The Hall–Kier alpha value is -0.340. The molecule has 1 aliphatic heterocycles. The van der Waals surface area contributed by atoms with Crippen LogP contribution in [0.5, 0.6) is 0 Å². The summed E-state index contributed by atoms with van der Waals surface area (Å²) in [7, 11) is 1.85. The molecule has 4 nitrogen and oxygen atoms in total. The predicted octanol–water partition coefficient (Wildman–Crippen LogP) is 3.68. The molecule has 0 aromatic carbocycles. The lowest BCUT2D eigenvalue weighted by molar-refractivity contribution is 0.236. The van der Waals surface area contributed by atoms with Crippen molar-refractivity contribution in [3.63, 3.8) is 0 Å². The van der Waals surface area contributed by atoms with Crippen LogP contribution in [0.4, 0.5) is 0 Å². The van der Waals surface area contributed by atoms with Crippen LogP contribution in [0.1, 0.15) is 44.9 Å². The molecule has 1 fully saturated rings. The summed E-state index contributed by atoms with van der Waals surface area (Å²) in [6.45, 7) is 11.2. The molecular weight excluding hydrogens is 431 g/mol. The molecular formula is C18H33IN4S. The van der Waals surface area contributed by atoms with E-state index in [9.17, 15) is 0 Å². The van der Waals surface area contributed by atoms with E-state index in [0.29, 0.717) is 6.04 Å². The maximum atomic E-state index is 4.38. The second kappa shape index (κ2) is 10.6. The summed E-state index contributed by atoms with van der Waals surface area (Å²) < 4.78 is 0. The molecule has 0 saturated carbocycles. The Labute approximate surface area is 168 Å². The highest BCUT2D eigenvalue weighted by atomic mass is 127. The van der Waals surface area contributed by atoms with Crippen LogP contribution in [0.2, 0.25) is 0 Å². The van der Waals surface area contributed by atoms with E-state index in [1.54, 1.807) is 0 Å². The van der Waals surface area contributed by atoms with Gasteiger partial charge in [-0.2, -0.15) is 0 Å². The Morgan fingerprint density at radius 2 is 2.04 bits per heavy atom. The summed E-state index contributed by atoms with van der Waals surface area (Å²) >= 11 is 1.82. The minimum absolute atomic E-state index is 0. The van der Waals surface area contributed by atoms with Crippen LogP contribution >= 0.6 is 35.3 Å². The summed E-state index contributed by atoms with van der Waals surface area (Å²) in [5.41, 5.74) is 0.116. The van der Waals surface area contributed by atoms with Crippen LogP contribution in [-0.2, 0) is 5.41 Å². The van der Waals surface area contributed by atoms with Gasteiger partial charge in [0.15, 0.2) is 5.96 Å². The topological polar surface area (TPSA) is 39.7 Å². The van der Waals surface area contributed by atoms with E-state index >= 15 is 0 Å². The van der Waals surface area contributed by atoms with Gasteiger partial charge in [0.1, 0.15) is 0 Å². The molecule has 1 unspecified atom stereocenters. The zero-order chi connectivity index (χ0) is 16.7. The van der Waals surface area contributed by atoms with Gasteiger partial charge in [0.25, 0.3) is 0 Å². The molecule has 24 heavy (non-hydrogen) atoms. The Bertz CT molecular complexity index is 481. The van der Waals surface area contributed by atoms with Gasteiger partial charge in [0, 0.05) is 36.5 Å². The molecule has 138 valence electrons. The average Bonchev–Trinajstić information content (AvgIpc) is 3.24. The fraction of sp³-hybridized carbons (Fsp3) is 0.722. The average molecular weight is 464 g/mol. The molecule has 0 bridgehead atoms. The molecule has 0 amide bonds. The minimum atomic E-state index is 0. The Morgan fingerprint density at radius 3 is 2.58 bits per heavy atom. The molecule has 1 aliphatic rings. The predicted molar refractivity (Wildman–Crippen MR) is 117 cm³/mol. The van der Waals surface area contributed by atoms with Gasteiger partial charge < -0.3 is 10.6 Å². The highest BCUT2D eigenvalue weighted by Gasteiger charge is 2.23. The van der Waals surface area contributed by atoms with Gasteiger partial charge in [0.2, 0.25) is 0 Å². The number of nitrogens with one attached hydrogen (secondary N) is 2.